The minimum absolute atomic E-state index is 0.258. The Labute approximate surface area is 152 Å². The maximum absolute atomic E-state index is 6.51. The Morgan fingerprint density at radius 1 is 1.04 bits per heavy atom. The molecule has 1 fully saturated rings. The van der Waals surface area contributed by atoms with Gasteiger partial charge in [-0.15, -0.1) is 0 Å². The van der Waals surface area contributed by atoms with Crippen LogP contribution in [0.5, 0.6) is 5.75 Å². The van der Waals surface area contributed by atoms with Gasteiger partial charge in [-0.25, -0.2) is 0 Å². The summed E-state index contributed by atoms with van der Waals surface area (Å²) in [6.45, 7) is 5.54. The SMILES string of the molecule is COc1ccc(CCC[N+]2(C)CC(N)C(c3ccc(C)cc3)C2)cc1. The first-order valence-electron chi connectivity index (χ1n) is 9.28. The predicted molar refractivity (Wildman–Crippen MR) is 104 cm³/mol. The number of quaternary nitrogens is 1. The Morgan fingerprint density at radius 2 is 1.72 bits per heavy atom. The van der Waals surface area contributed by atoms with Crippen LogP contribution in [0.2, 0.25) is 0 Å². The van der Waals surface area contributed by atoms with E-state index in [0.717, 1.165) is 29.7 Å². The van der Waals surface area contributed by atoms with Gasteiger partial charge < -0.3 is 15.0 Å². The topological polar surface area (TPSA) is 35.2 Å². The van der Waals surface area contributed by atoms with E-state index in [1.807, 2.05) is 12.1 Å². The molecule has 1 saturated heterocycles. The maximum atomic E-state index is 6.51. The fraction of sp³-hybridized carbons (Fsp3) is 0.455. The highest BCUT2D eigenvalue weighted by molar-refractivity contribution is 5.27. The van der Waals surface area contributed by atoms with Crippen molar-refractivity contribution in [3.63, 3.8) is 0 Å². The third kappa shape index (κ3) is 4.42. The van der Waals surface area contributed by atoms with Gasteiger partial charge in [-0.3, -0.25) is 0 Å². The maximum Gasteiger partial charge on any atom is 0.118 e. The van der Waals surface area contributed by atoms with Crippen LogP contribution in [0.3, 0.4) is 0 Å². The van der Waals surface area contributed by atoms with Crippen LogP contribution in [0.25, 0.3) is 0 Å². The van der Waals surface area contributed by atoms with Gasteiger partial charge in [0.25, 0.3) is 0 Å². The molecular weight excluding hydrogens is 308 g/mol. The van der Waals surface area contributed by atoms with E-state index in [9.17, 15) is 0 Å². The van der Waals surface area contributed by atoms with Crippen molar-refractivity contribution in [1.82, 2.24) is 0 Å². The Hall–Kier alpha value is -1.84. The second kappa shape index (κ2) is 7.59. The van der Waals surface area contributed by atoms with E-state index < -0.39 is 0 Å². The van der Waals surface area contributed by atoms with Gasteiger partial charge in [0.2, 0.25) is 0 Å². The van der Waals surface area contributed by atoms with Crippen LogP contribution in [0.4, 0.5) is 0 Å². The molecule has 1 aliphatic rings. The number of likely N-dealkylation sites (N-methyl/N-ethyl adjacent to an activating group) is 1. The number of nitrogens with two attached hydrogens (primary N) is 1. The molecule has 25 heavy (non-hydrogen) atoms. The van der Waals surface area contributed by atoms with Crippen LogP contribution in [-0.2, 0) is 6.42 Å². The third-order valence-electron chi connectivity index (χ3n) is 5.63. The molecule has 134 valence electrons. The van der Waals surface area contributed by atoms with E-state index in [4.69, 9.17) is 10.5 Å². The van der Waals surface area contributed by atoms with Crippen LogP contribution in [-0.4, -0.2) is 44.3 Å². The van der Waals surface area contributed by atoms with E-state index in [1.165, 1.54) is 29.7 Å². The first-order chi connectivity index (χ1) is 12.0. The van der Waals surface area contributed by atoms with Crippen molar-refractivity contribution < 1.29 is 9.22 Å². The van der Waals surface area contributed by atoms with Gasteiger partial charge in [0.1, 0.15) is 5.75 Å². The predicted octanol–water partition coefficient (Wildman–Crippen LogP) is 3.51. The lowest BCUT2D eigenvalue weighted by Crippen LogP contribution is -2.44. The Kier molecular flexibility index (Phi) is 5.45. The number of hydrogen-bond donors (Lipinski definition) is 1. The lowest BCUT2D eigenvalue weighted by molar-refractivity contribution is -0.898. The summed E-state index contributed by atoms with van der Waals surface area (Å²) in [5.74, 6) is 1.40. The van der Waals surface area contributed by atoms with Gasteiger partial charge in [-0.2, -0.15) is 0 Å². The van der Waals surface area contributed by atoms with Crippen molar-refractivity contribution >= 4 is 0 Å². The standard InChI is InChI=1S/C22H31N2O/c1-17-6-10-19(11-7-17)21-15-24(2,16-22(21)23)14-4-5-18-8-12-20(25-3)13-9-18/h6-13,21-22H,4-5,14-16,23H2,1-3H3/q+1. The van der Waals surface area contributed by atoms with Crippen LogP contribution in [0.1, 0.15) is 29.0 Å². The molecule has 0 aliphatic carbocycles. The van der Waals surface area contributed by atoms with Crippen LogP contribution < -0.4 is 10.5 Å². The highest BCUT2D eigenvalue weighted by Crippen LogP contribution is 2.31. The van der Waals surface area contributed by atoms with E-state index in [1.54, 1.807) is 7.11 Å². The number of nitrogens with zero attached hydrogens (tertiary/aromatic N) is 1. The van der Waals surface area contributed by atoms with Gasteiger partial charge in [0, 0.05) is 6.42 Å². The molecule has 3 rings (SSSR count). The van der Waals surface area contributed by atoms with E-state index >= 15 is 0 Å². The number of likely N-dealkylation sites (tertiary alicyclic amines) is 1. The first-order valence-corrected chi connectivity index (χ1v) is 9.28. The molecule has 3 heteroatoms. The number of rotatable bonds is 6. The number of benzene rings is 2. The number of methoxy groups -OCH3 is 1. The molecule has 0 saturated carbocycles. The molecule has 3 nitrogen and oxygen atoms in total. The molecule has 1 aliphatic heterocycles. The van der Waals surface area contributed by atoms with Crippen molar-refractivity contribution in [3.8, 4) is 5.75 Å². The van der Waals surface area contributed by atoms with Crippen LogP contribution >= 0.6 is 0 Å². The van der Waals surface area contributed by atoms with Crippen LogP contribution in [0, 0.1) is 6.92 Å². The summed E-state index contributed by atoms with van der Waals surface area (Å²) in [4.78, 5) is 0. The summed E-state index contributed by atoms with van der Waals surface area (Å²) in [6.07, 6.45) is 2.30. The average Bonchev–Trinajstić information content (AvgIpc) is 2.91. The Morgan fingerprint density at radius 3 is 2.36 bits per heavy atom. The van der Waals surface area contributed by atoms with Gasteiger partial charge in [0.15, 0.2) is 0 Å². The second-order valence-electron chi connectivity index (χ2n) is 7.84. The first kappa shape index (κ1) is 18.0. The normalized spacial score (nSPS) is 25.9. The summed E-state index contributed by atoms with van der Waals surface area (Å²) in [6, 6.07) is 17.6. The number of aryl methyl sites for hydroxylation is 2. The van der Waals surface area contributed by atoms with Gasteiger partial charge in [0.05, 0.1) is 45.8 Å². The monoisotopic (exact) mass is 339 g/mol. The van der Waals surface area contributed by atoms with Gasteiger partial charge in [-0.1, -0.05) is 42.0 Å². The van der Waals surface area contributed by atoms with Crippen molar-refractivity contribution in [1.29, 1.82) is 0 Å². The van der Waals surface area contributed by atoms with Crippen molar-refractivity contribution in [2.24, 2.45) is 5.73 Å². The van der Waals surface area contributed by atoms with E-state index in [-0.39, 0.29) is 6.04 Å². The minimum atomic E-state index is 0.258. The highest BCUT2D eigenvalue weighted by atomic mass is 16.5. The number of hydrogen-bond acceptors (Lipinski definition) is 2. The van der Waals surface area contributed by atoms with E-state index in [2.05, 4.69) is 50.4 Å². The van der Waals surface area contributed by atoms with Crippen molar-refractivity contribution in [2.45, 2.75) is 31.7 Å². The van der Waals surface area contributed by atoms with Crippen molar-refractivity contribution in [2.75, 3.05) is 33.8 Å². The molecule has 0 bridgehead atoms. The number of ether oxygens (including phenoxy) is 1. The summed E-state index contributed by atoms with van der Waals surface area (Å²) >= 11 is 0. The zero-order valence-electron chi connectivity index (χ0n) is 15.7. The average molecular weight is 340 g/mol. The summed E-state index contributed by atoms with van der Waals surface area (Å²) in [5, 5.41) is 0. The van der Waals surface area contributed by atoms with Crippen molar-refractivity contribution in [3.05, 3.63) is 65.2 Å². The molecule has 2 N–H and O–H groups in total. The third-order valence-corrected chi connectivity index (χ3v) is 5.63. The molecule has 3 atom stereocenters. The largest absolute Gasteiger partial charge is 0.497 e. The Bertz CT molecular complexity index is 680. The van der Waals surface area contributed by atoms with Gasteiger partial charge >= 0.3 is 0 Å². The molecule has 3 unspecified atom stereocenters. The molecule has 2 aromatic rings. The van der Waals surface area contributed by atoms with E-state index in [0.29, 0.717) is 5.92 Å². The zero-order chi connectivity index (χ0) is 17.9. The fourth-order valence-corrected chi connectivity index (χ4v) is 4.13. The lowest BCUT2D eigenvalue weighted by Gasteiger charge is -2.30. The smallest absolute Gasteiger partial charge is 0.118 e. The van der Waals surface area contributed by atoms with Gasteiger partial charge in [-0.05, 0) is 36.6 Å². The molecule has 0 spiro atoms. The summed E-state index contributed by atoms with van der Waals surface area (Å²) in [7, 11) is 4.07. The molecule has 0 radical (unpaired) electrons. The molecule has 0 amide bonds. The molecule has 2 aromatic carbocycles. The highest BCUT2D eigenvalue weighted by Gasteiger charge is 2.40. The second-order valence-corrected chi connectivity index (χ2v) is 7.84. The van der Waals surface area contributed by atoms with Crippen LogP contribution in [0.15, 0.2) is 48.5 Å². The minimum Gasteiger partial charge on any atom is -0.497 e. The molecule has 0 aromatic heterocycles. The fourth-order valence-electron chi connectivity index (χ4n) is 4.13. The zero-order valence-corrected chi connectivity index (χ0v) is 15.7. The molecular formula is C22H31N2O+. The summed E-state index contributed by atoms with van der Waals surface area (Å²) in [5.41, 5.74) is 10.6. The quantitative estimate of drug-likeness (QED) is 0.818. The lowest BCUT2D eigenvalue weighted by atomic mass is 9.94. The summed E-state index contributed by atoms with van der Waals surface area (Å²) < 4.78 is 6.31. The molecule has 1 heterocycles. The Balaban J connectivity index is 1.56.